The number of hydrogen-bond acceptors (Lipinski definition) is 5. The maximum Gasteiger partial charge on any atom is 0.337 e. The molecule has 40 heavy (non-hydrogen) atoms. The van der Waals surface area contributed by atoms with Crippen molar-refractivity contribution in [1.82, 2.24) is 14.9 Å². The predicted molar refractivity (Wildman–Crippen MR) is 160 cm³/mol. The molecule has 2 aromatic carbocycles. The number of nitrogens with one attached hydrogen (secondary N) is 1. The van der Waals surface area contributed by atoms with Crippen LogP contribution in [0, 0.1) is 13.8 Å². The van der Waals surface area contributed by atoms with Gasteiger partial charge in [-0.05, 0) is 86.2 Å². The van der Waals surface area contributed by atoms with Crippen molar-refractivity contribution < 1.29 is 14.6 Å². The average molecular weight is 554 g/mol. The van der Waals surface area contributed by atoms with E-state index in [1.165, 1.54) is 0 Å². The third kappa shape index (κ3) is 4.61. The zero-order valence-corrected chi connectivity index (χ0v) is 23.3. The van der Waals surface area contributed by atoms with Gasteiger partial charge in [0.2, 0.25) is 0 Å². The van der Waals surface area contributed by atoms with E-state index in [9.17, 15) is 9.90 Å². The number of nitrogens with zero attached hydrogens (tertiary/aromatic N) is 4. The molecule has 6 rings (SSSR count). The van der Waals surface area contributed by atoms with Crippen LogP contribution in [0.25, 0.3) is 5.69 Å². The minimum absolute atomic E-state index is 0.198. The van der Waals surface area contributed by atoms with Gasteiger partial charge in [-0.2, -0.15) is 0 Å². The van der Waals surface area contributed by atoms with Crippen molar-refractivity contribution in [3.8, 4) is 5.69 Å². The maximum absolute atomic E-state index is 12.1. The molecule has 4 heterocycles. The molecule has 2 aliphatic rings. The van der Waals surface area contributed by atoms with E-state index in [1.54, 1.807) is 18.3 Å². The van der Waals surface area contributed by atoms with E-state index in [-0.39, 0.29) is 17.6 Å². The number of morpholine rings is 1. The summed E-state index contributed by atoms with van der Waals surface area (Å²) in [6, 6.07) is 23.3. The summed E-state index contributed by atoms with van der Waals surface area (Å²) in [6.45, 7) is 7.26. The molecule has 2 aliphatic heterocycles. The third-order valence-electron chi connectivity index (χ3n) is 7.77. The van der Waals surface area contributed by atoms with E-state index < -0.39 is 5.97 Å². The largest absolute Gasteiger partial charge is 0.478 e. The lowest BCUT2D eigenvalue weighted by Gasteiger charge is -2.31. The van der Waals surface area contributed by atoms with Gasteiger partial charge in [-0.25, -0.2) is 4.79 Å². The maximum atomic E-state index is 12.1. The second-order valence-corrected chi connectivity index (χ2v) is 10.5. The number of thiocarbonyl (C=S) groups is 1. The summed E-state index contributed by atoms with van der Waals surface area (Å²) in [5.74, 6) is -0.957. The van der Waals surface area contributed by atoms with Crippen LogP contribution in [0.3, 0.4) is 0 Å². The van der Waals surface area contributed by atoms with Gasteiger partial charge in [0.1, 0.15) is 0 Å². The predicted octanol–water partition coefficient (Wildman–Crippen LogP) is 5.20. The van der Waals surface area contributed by atoms with Crippen molar-refractivity contribution in [1.29, 1.82) is 0 Å². The normalized spacial score (nSPS) is 19.1. The number of ether oxygens (including phenoxy) is 1. The number of rotatable bonds is 6. The summed E-state index contributed by atoms with van der Waals surface area (Å²) in [7, 11) is 0. The van der Waals surface area contributed by atoms with E-state index in [0.29, 0.717) is 10.8 Å². The molecular weight excluding hydrogens is 522 g/mol. The lowest BCUT2D eigenvalue weighted by Crippen LogP contribution is -2.36. The van der Waals surface area contributed by atoms with Crippen LogP contribution in [0.1, 0.15) is 45.1 Å². The molecule has 0 saturated carbocycles. The smallest absolute Gasteiger partial charge is 0.337 e. The Morgan fingerprint density at radius 2 is 1.70 bits per heavy atom. The van der Waals surface area contributed by atoms with Gasteiger partial charge >= 0.3 is 5.97 Å². The van der Waals surface area contributed by atoms with Gasteiger partial charge in [-0.1, -0.05) is 18.2 Å². The van der Waals surface area contributed by atoms with Crippen molar-refractivity contribution in [2.24, 2.45) is 0 Å². The molecule has 0 bridgehead atoms. The van der Waals surface area contributed by atoms with Crippen molar-refractivity contribution in [3.63, 3.8) is 0 Å². The molecule has 0 amide bonds. The van der Waals surface area contributed by atoms with Crippen molar-refractivity contribution in [2.75, 3.05) is 36.1 Å². The molecule has 2 saturated heterocycles. The SMILES string of the molecule is Cc1cc([C@H]2[C@H](c3ccccn3)NC(=S)N2c2ccc(N3CCOCC3)cc2)c(C)n1-c1ccccc1C(=O)O. The van der Waals surface area contributed by atoms with Gasteiger partial charge in [0.05, 0.1) is 42.2 Å². The van der Waals surface area contributed by atoms with Crippen LogP contribution in [0.5, 0.6) is 0 Å². The molecule has 8 nitrogen and oxygen atoms in total. The fourth-order valence-electron chi connectivity index (χ4n) is 5.90. The van der Waals surface area contributed by atoms with Gasteiger partial charge in [0, 0.05) is 42.0 Å². The van der Waals surface area contributed by atoms with E-state index in [0.717, 1.165) is 60.3 Å². The van der Waals surface area contributed by atoms with Gasteiger partial charge in [-0.15, -0.1) is 0 Å². The number of aryl methyl sites for hydroxylation is 1. The molecule has 4 aromatic rings. The number of carboxylic acid groups (broad SMARTS) is 1. The second kappa shape index (κ2) is 10.7. The number of anilines is 2. The Kier molecular flexibility index (Phi) is 7.00. The summed E-state index contributed by atoms with van der Waals surface area (Å²) in [6.07, 6.45) is 1.79. The first-order valence-corrected chi connectivity index (χ1v) is 13.8. The lowest BCUT2D eigenvalue weighted by molar-refractivity contribution is 0.0697. The van der Waals surface area contributed by atoms with Crippen molar-refractivity contribution >= 4 is 34.7 Å². The topological polar surface area (TPSA) is 82.9 Å². The molecule has 2 N–H and O–H groups in total. The van der Waals surface area contributed by atoms with Crippen molar-refractivity contribution in [2.45, 2.75) is 25.9 Å². The Balaban J connectivity index is 1.45. The highest BCUT2D eigenvalue weighted by Gasteiger charge is 2.42. The molecule has 204 valence electrons. The molecule has 0 aliphatic carbocycles. The van der Waals surface area contributed by atoms with Crippen molar-refractivity contribution in [3.05, 3.63) is 107 Å². The van der Waals surface area contributed by atoms with Crippen LogP contribution in [0.4, 0.5) is 11.4 Å². The zero-order valence-electron chi connectivity index (χ0n) is 22.4. The lowest BCUT2D eigenvalue weighted by atomic mass is 9.96. The van der Waals surface area contributed by atoms with Gasteiger partial charge in [0.25, 0.3) is 0 Å². The van der Waals surface area contributed by atoms with Crippen LogP contribution >= 0.6 is 12.2 Å². The van der Waals surface area contributed by atoms with E-state index in [4.69, 9.17) is 17.0 Å². The van der Waals surface area contributed by atoms with Gasteiger partial charge in [-0.3, -0.25) is 4.98 Å². The number of para-hydroxylation sites is 1. The molecule has 9 heteroatoms. The Labute approximate surface area is 238 Å². The van der Waals surface area contributed by atoms with Crippen LogP contribution in [-0.2, 0) is 4.74 Å². The summed E-state index contributed by atoms with van der Waals surface area (Å²) in [5.41, 5.74) is 6.88. The number of pyridine rings is 1. The quantitative estimate of drug-likeness (QED) is 0.315. The molecular formula is C31H31N5O3S. The number of aromatic nitrogens is 2. The van der Waals surface area contributed by atoms with Crippen LogP contribution in [0.15, 0.2) is 79.0 Å². The number of carboxylic acids is 1. The molecule has 0 radical (unpaired) electrons. The fraction of sp³-hybridized carbons (Fsp3) is 0.258. The summed E-state index contributed by atoms with van der Waals surface area (Å²) in [4.78, 5) is 21.2. The highest BCUT2D eigenvalue weighted by atomic mass is 32.1. The molecule has 2 aromatic heterocycles. The monoisotopic (exact) mass is 553 g/mol. The number of benzene rings is 2. The standard InChI is InChI=1S/C31H31N5O3S/c1-20-19-25(21(2)35(20)27-9-4-3-7-24(27)30(37)38)29-28(26-8-5-6-14-32-26)33-31(40)36(29)23-12-10-22(11-13-23)34-15-17-39-18-16-34/h3-14,19,28-29H,15-18H2,1-2H3,(H,33,40)(H,37,38)/t28-,29-/m0/s1. The van der Waals surface area contributed by atoms with E-state index in [2.05, 4.69) is 50.4 Å². The first-order chi connectivity index (χ1) is 19.4. The van der Waals surface area contributed by atoms with Gasteiger partial charge < -0.3 is 29.5 Å². The molecule has 0 spiro atoms. The third-order valence-corrected chi connectivity index (χ3v) is 8.08. The minimum atomic E-state index is -0.957. The highest BCUT2D eigenvalue weighted by Crippen LogP contribution is 2.44. The Bertz CT molecular complexity index is 1550. The summed E-state index contributed by atoms with van der Waals surface area (Å²) < 4.78 is 7.54. The summed E-state index contributed by atoms with van der Waals surface area (Å²) >= 11 is 5.94. The first-order valence-electron chi connectivity index (χ1n) is 13.4. The van der Waals surface area contributed by atoms with E-state index >= 15 is 0 Å². The second-order valence-electron chi connectivity index (χ2n) is 10.1. The zero-order chi connectivity index (χ0) is 27.8. The van der Waals surface area contributed by atoms with Crippen LogP contribution in [-0.4, -0.2) is 52.0 Å². The summed E-state index contributed by atoms with van der Waals surface area (Å²) in [5, 5.41) is 14.0. The van der Waals surface area contributed by atoms with Crippen LogP contribution < -0.4 is 15.1 Å². The molecule has 0 unspecified atom stereocenters. The fourth-order valence-corrected chi connectivity index (χ4v) is 6.25. The molecule has 2 fully saturated rings. The Morgan fingerprint density at radius 1 is 1.00 bits per heavy atom. The first kappa shape index (κ1) is 26.0. The number of aromatic carboxylic acids is 1. The highest BCUT2D eigenvalue weighted by molar-refractivity contribution is 7.80. The number of carbonyl (C=O) groups is 1. The van der Waals surface area contributed by atoms with E-state index in [1.807, 2.05) is 48.7 Å². The Morgan fingerprint density at radius 3 is 2.40 bits per heavy atom. The Hall–Kier alpha value is -4.21. The molecule has 2 atom stereocenters. The van der Waals surface area contributed by atoms with Crippen LogP contribution in [0.2, 0.25) is 0 Å². The minimum Gasteiger partial charge on any atom is -0.478 e. The number of hydrogen-bond donors (Lipinski definition) is 2. The average Bonchev–Trinajstić information content (AvgIpc) is 3.48. The van der Waals surface area contributed by atoms with Gasteiger partial charge in [0.15, 0.2) is 5.11 Å².